The van der Waals surface area contributed by atoms with Crippen molar-refractivity contribution in [1.29, 1.82) is 0 Å². The van der Waals surface area contributed by atoms with Gasteiger partial charge in [0, 0.05) is 28.2 Å². The van der Waals surface area contributed by atoms with Crippen LogP contribution in [-0.4, -0.2) is 38.4 Å². The summed E-state index contributed by atoms with van der Waals surface area (Å²) in [5, 5.41) is 25.5. The monoisotopic (exact) mass is 481 g/mol. The Morgan fingerprint density at radius 1 is 1.31 bits per heavy atom. The number of fused-ring (bicyclic) bond motifs is 1. The molecule has 1 aromatic heterocycles. The molecule has 3 N–H and O–H groups in total. The lowest BCUT2D eigenvalue weighted by Crippen LogP contribution is -2.23. The van der Waals surface area contributed by atoms with Gasteiger partial charge < -0.3 is 15.7 Å². The number of benzene rings is 2. The van der Waals surface area contributed by atoms with E-state index in [-0.39, 0.29) is 23.7 Å². The number of anilines is 2. The van der Waals surface area contributed by atoms with Crippen LogP contribution in [0.15, 0.2) is 46.0 Å². The number of hydrogen-bond donors (Lipinski definition) is 3. The maximum Gasteiger partial charge on any atom is 0.404 e. The van der Waals surface area contributed by atoms with Gasteiger partial charge in [0.05, 0.1) is 21.0 Å². The van der Waals surface area contributed by atoms with Gasteiger partial charge >= 0.3 is 6.09 Å². The number of amides is 1. The maximum atomic E-state index is 14.1. The molecular weight excluding hydrogens is 469 g/mol. The zero-order valence-corrected chi connectivity index (χ0v) is 17.0. The number of thioether (sulfide) groups is 1. The Bertz CT molecular complexity index is 1100. The Labute approximate surface area is 176 Å². The first-order valence-corrected chi connectivity index (χ1v) is 9.88. The number of nitrogens with one attached hydrogen (secondary N) is 2. The van der Waals surface area contributed by atoms with Gasteiger partial charge in [-0.2, -0.15) is 0 Å². The molecule has 0 aliphatic carbocycles. The molecule has 0 unspecified atom stereocenters. The van der Waals surface area contributed by atoms with Gasteiger partial charge in [0.1, 0.15) is 18.0 Å². The summed E-state index contributed by atoms with van der Waals surface area (Å²) < 4.78 is 14.7. The molecule has 0 atom stereocenters. The average molecular weight is 482 g/mol. The highest BCUT2D eigenvalue weighted by atomic mass is 79.9. The summed E-state index contributed by atoms with van der Waals surface area (Å²) in [6.45, 7) is 0.134. The topological polar surface area (TPSA) is 130 Å². The quantitative estimate of drug-likeness (QED) is 0.194. The molecule has 2 aromatic carbocycles. The molecule has 1 heterocycles. The van der Waals surface area contributed by atoms with Crippen LogP contribution in [0.3, 0.4) is 0 Å². The van der Waals surface area contributed by atoms with Crippen LogP contribution in [0.5, 0.6) is 0 Å². The molecule has 0 aliphatic heterocycles. The third kappa shape index (κ3) is 5.09. The number of nitro benzene ring substituents is 1. The van der Waals surface area contributed by atoms with Crippen LogP contribution >= 0.6 is 27.7 Å². The van der Waals surface area contributed by atoms with Crippen LogP contribution < -0.4 is 10.6 Å². The Hall–Kier alpha value is -2.99. The van der Waals surface area contributed by atoms with Gasteiger partial charge in [0.25, 0.3) is 5.69 Å². The zero-order chi connectivity index (χ0) is 21.0. The van der Waals surface area contributed by atoms with Crippen LogP contribution in [-0.2, 0) is 0 Å². The van der Waals surface area contributed by atoms with E-state index in [4.69, 9.17) is 5.11 Å². The first-order valence-electron chi connectivity index (χ1n) is 8.10. The van der Waals surface area contributed by atoms with E-state index in [0.29, 0.717) is 26.0 Å². The molecule has 0 bridgehead atoms. The normalized spacial score (nSPS) is 10.7. The highest BCUT2D eigenvalue weighted by Crippen LogP contribution is 2.35. The molecule has 9 nitrogen and oxygen atoms in total. The molecule has 0 fully saturated rings. The van der Waals surface area contributed by atoms with E-state index in [2.05, 4.69) is 36.5 Å². The second-order valence-electron chi connectivity index (χ2n) is 5.65. The number of nitrogens with zero attached hydrogens (tertiary/aromatic N) is 3. The van der Waals surface area contributed by atoms with Crippen LogP contribution in [0.4, 0.5) is 26.4 Å². The summed E-state index contributed by atoms with van der Waals surface area (Å²) >= 11 is 4.31. The summed E-state index contributed by atoms with van der Waals surface area (Å²) in [6.07, 6.45) is 0.107. The van der Waals surface area contributed by atoms with Gasteiger partial charge in [-0.25, -0.2) is 19.2 Å². The summed E-state index contributed by atoms with van der Waals surface area (Å²) in [5.41, 5.74) is 0.417. The van der Waals surface area contributed by atoms with Gasteiger partial charge in [-0.1, -0.05) is 15.9 Å². The Morgan fingerprint density at radius 2 is 2.10 bits per heavy atom. The summed E-state index contributed by atoms with van der Waals surface area (Å²) in [7, 11) is 0. The van der Waals surface area contributed by atoms with Crippen molar-refractivity contribution in [3.8, 4) is 0 Å². The van der Waals surface area contributed by atoms with Gasteiger partial charge in [-0.05, 0) is 24.3 Å². The molecular formula is C17H13BrFN5O4S. The third-order valence-electron chi connectivity index (χ3n) is 3.73. The maximum absolute atomic E-state index is 14.1. The van der Waals surface area contributed by atoms with Gasteiger partial charge in [0.15, 0.2) is 0 Å². The highest BCUT2D eigenvalue weighted by Gasteiger charge is 2.19. The molecule has 0 aliphatic rings. The number of carbonyl (C=O) groups is 1. The van der Waals surface area contributed by atoms with Crippen molar-refractivity contribution in [3.05, 3.63) is 57.1 Å². The number of rotatable bonds is 7. The summed E-state index contributed by atoms with van der Waals surface area (Å²) in [5.74, 6) is 0.0148. The molecule has 3 rings (SSSR count). The van der Waals surface area contributed by atoms with Crippen LogP contribution in [0.25, 0.3) is 10.9 Å². The van der Waals surface area contributed by atoms with Gasteiger partial charge in [-0.3, -0.25) is 10.1 Å². The van der Waals surface area contributed by atoms with E-state index in [9.17, 15) is 19.3 Å². The van der Waals surface area contributed by atoms with Crippen molar-refractivity contribution < 1.29 is 19.2 Å². The molecule has 0 radical (unpaired) electrons. The fourth-order valence-electron chi connectivity index (χ4n) is 2.47. The number of halogens is 2. The van der Waals surface area contributed by atoms with Crippen LogP contribution in [0.2, 0.25) is 0 Å². The SMILES string of the molecule is O=C(O)NCCSc1cc2ncnc(Nc3ccc(Br)cc3F)c2cc1[N+](=O)[O-]. The number of carboxylic acid groups (broad SMARTS) is 1. The molecule has 12 heteroatoms. The van der Waals surface area contributed by atoms with E-state index < -0.39 is 16.8 Å². The minimum atomic E-state index is -1.16. The number of aromatic nitrogens is 2. The molecule has 0 saturated heterocycles. The Balaban J connectivity index is 1.95. The third-order valence-corrected chi connectivity index (χ3v) is 5.27. The fourth-order valence-corrected chi connectivity index (χ4v) is 3.70. The van der Waals surface area contributed by atoms with Crippen molar-refractivity contribution in [1.82, 2.24) is 15.3 Å². The molecule has 29 heavy (non-hydrogen) atoms. The van der Waals surface area contributed by atoms with Crippen molar-refractivity contribution in [2.45, 2.75) is 4.90 Å². The van der Waals surface area contributed by atoms with Crippen molar-refractivity contribution in [2.24, 2.45) is 0 Å². The van der Waals surface area contributed by atoms with Crippen molar-refractivity contribution >= 4 is 61.9 Å². The minimum Gasteiger partial charge on any atom is -0.465 e. The van der Waals surface area contributed by atoms with E-state index in [1.54, 1.807) is 6.07 Å². The zero-order valence-electron chi connectivity index (χ0n) is 14.6. The smallest absolute Gasteiger partial charge is 0.404 e. The van der Waals surface area contributed by atoms with E-state index in [1.165, 1.54) is 30.6 Å². The Morgan fingerprint density at radius 3 is 2.79 bits per heavy atom. The van der Waals surface area contributed by atoms with Crippen LogP contribution in [0.1, 0.15) is 0 Å². The molecule has 150 valence electrons. The van der Waals surface area contributed by atoms with Crippen molar-refractivity contribution in [2.75, 3.05) is 17.6 Å². The molecule has 0 saturated carbocycles. The summed E-state index contributed by atoms with van der Waals surface area (Å²) in [6, 6.07) is 7.30. The number of hydrogen-bond acceptors (Lipinski definition) is 7. The predicted molar refractivity (Wildman–Crippen MR) is 110 cm³/mol. The lowest BCUT2D eigenvalue weighted by molar-refractivity contribution is -0.387. The lowest BCUT2D eigenvalue weighted by Gasteiger charge is -2.11. The standard InChI is InChI=1S/C17H13BrFN5O4S/c18-9-1-2-12(11(19)5-9)23-16-10-6-14(24(27)28)15(7-13(10)21-8-22-16)29-4-3-20-17(25)26/h1-2,5-8,20H,3-4H2,(H,25,26)(H,21,22,23). The van der Waals surface area contributed by atoms with Crippen molar-refractivity contribution in [3.63, 3.8) is 0 Å². The summed E-state index contributed by atoms with van der Waals surface area (Å²) in [4.78, 5) is 30.1. The second kappa shape index (κ2) is 9.01. The first kappa shape index (κ1) is 20.7. The lowest BCUT2D eigenvalue weighted by atomic mass is 10.2. The van der Waals surface area contributed by atoms with E-state index in [0.717, 1.165) is 11.8 Å². The Kier molecular flexibility index (Phi) is 6.44. The highest BCUT2D eigenvalue weighted by molar-refractivity contribution is 9.10. The molecule has 1 amide bonds. The van der Waals surface area contributed by atoms with Gasteiger partial charge in [0.2, 0.25) is 0 Å². The van der Waals surface area contributed by atoms with E-state index in [1.807, 2.05) is 0 Å². The fraction of sp³-hybridized carbons (Fsp3) is 0.118. The molecule has 0 spiro atoms. The minimum absolute atomic E-state index is 0.134. The first-order chi connectivity index (χ1) is 13.8. The average Bonchev–Trinajstić information content (AvgIpc) is 2.66. The second-order valence-corrected chi connectivity index (χ2v) is 7.70. The van der Waals surface area contributed by atoms with Gasteiger partial charge in [-0.15, -0.1) is 11.8 Å². The predicted octanol–water partition coefficient (Wildman–Crippen LogP) is 4.54. The largest absolute Gasteiger partial charge is 0.465 e. The van der Waals surface area contributed by atoms with E-state index >= 15 is 0 Å². The molecule has 3 aromatic rings. The number of nitro groups is 1. The van der Waals surface area contributed by atoms with Crippen LogP contribution in [0, 0.1) is 15.9 Å².